The highest BCUT2D eigenvalue weighted by Gasteiger charge is 2.17. The van der Waals surface area contributed by atoms with Gasteiger partial charge < -0.3 is 5.32 Å². The molecule has 0 atom stereocenters. The maximum absolute atomic E-state index is 12.0. The summed E-state index contributed by atoms with van der Waals surface area (Å²) in [6.07, 6.45) is 3.04. The third-order valence-electron chi connectivity index (χ3n) is 2.77. The zero-order valence-electron chi connectivity index (χ0n) is 11.6. The van der Waals surface area contributed by atoms with Crippen LogP contribution in [-0.4, -0.2) is 27.1 Å². The van der Waals surface area contributed by atoms with Crippen LogP contribution in [0.4, 0.5) is 0 Å². The Kier molecular flexibility index (Phi) is 5.54. The second kappa shape index (κ2) is 6.70. The number of hydrogen-bond donors (Lipinski definition) is 1. The average Bonchev–Trinajstić information content (AvgIpc) is 2.33. The SMILES string of the molecule is CC(C)CCCNC(=O)c1ccccc1S(C)(=O)=O. The molecule has 0 saturated carbocycles. The molecule has 1 amide bonds. The molecular formula is C14H21NO3S. The number of rotatable bonds is 6. The smallest absolute Gasteiger partial charge is 0.252 e. The highest BCUT2D eigenvalue weighted by Crippen LogP contribution is 2.15. The lowest BCUT2D eigenvalue weighted by atomic mass is 10.1. The first-order valence-corrected chi connectivity index (χ1v) is 8.29. The van der Waals surface area contributed by atoms with E-state index in [4.69, 9.17) is 0 Å². The maximum atomic E-state index is 12.0. The molecule has 0 spiro atoms. The summed E-state index contributed by atoms with van der Waals surface area (Å²) in [5, 5.41) is 2.76. The monoisotopic (exact) mass is 283 g/mol. The zero-order chi connectivity index (χ0) is 14.5. The lowest BCUT2D eigenvalue weighted by molar-refractivity contribution is 0.0949. The molecule has 0 aliphatic carbocycles. The Hall–Kier alpha value is -1.36. The minimum Gasteiger partial charge on any atom is -0.352 e. The van der Waals surface area contributed by atoms with Crippen molar-refractivity contribution in [3.8, 4) is 0 Å². The number of carbonyl (C=O) groups excluding carboxylic acids is 1. The Morgan fingerprint density at radius 1 is 1.26 bits per heavy atom. The van der Waals surface area contributed by atoms with Gasteiger partial charge in [-0.25, -0.2) is 8.42 Å². The van der Waals surface area contributed by atoms with E-state index in [1.807, 2.05) is 0 Å². The standard InChI is InChI=1S/C14H21NO3S/c1-11(2)7-6-10-15-14(16)12-8-4-5-9-13(12)19(3,17)18/h4-5,8-9,11H,6-7,10H2,1-3H3,(H,15,16). The molecule has 1 aromatic rings. The van der Waals surface area contributed by atoms with Crippen molar-refractivity contribution in [2.75, 3.05) is 12.8 Å². The summed E-state index contributed by atoms with van der Waals surface area (Å²) in [5.41, 5.74) is 0.217. The van der Waals surface area contributed by atoms with Gasteiger partial charge >= 0.3 is 0 Å². The second-order valence-electron chi connectivity index (χ2n) is 5.06. The Labute approximate surface area is 115 Å². The molecule has 0 aromatic heterocycles. The van der Waals surface area contributed by atoms with Crippen LogP contribution in [0.5, 0.6) is 0 Å². The van der Waals surface area contributed by atoms with Gasteiger partial charge in [0, 0.05) is 12.8 Å². The minimum absolute atomic E-state index is 0.0800. The summed E-state index contributed by atoms with van der Waals surface area (Å²) in [6, 6.07) is 6.27. The quantitative estimate of drug-likeness (QED) is 0.814. The maximum Gasteiger partial charge on any atom is 0.252 e. The van der Waals surface area contributed by atoms with Crippen molar-refractivity contribution < 1.29 is 13.2 Å². The van der Waals surface area contributed by atoms with Gasteiger partial charge in [-0.05, 0) is 30.9 Å². The summed E-state index contributed by atoms with van der Waals surface area (Å²) in [5.74, 6) is 0.269. The van der Waals surface area contributed by atoms with E-state index in [0.717, 1.165) is 19.1 Å². The normalized spacial score (nSPS) is 11.6. The predicted molar refractivity (Wildman–Crippen MR) is 76.0 cm³/mol. The van der Waals surface area contributed by atoms with Gasteiger partial charge in [-0.3, -0.25) is 4.79 Å². The Balaban J connectivity index is 2.73. The van der Waals surface area contributed by atoms with Crippen LogP contribution >= 0.6 is 0 Å². The Morgan fingerprint density at radius 3 is 2.47 bits per heavy atom. The highest BCUT2D eigenvalue weighted by atomic mass is 32.2. The van der Waals surface area contributed by atoms with Crippen molar-refractivity contribution in [3.63, 3.8) is 0 Å². The lowest BCUT2D eigenvalue weighted by Crippen LogP contribution is -2.26. The van der Waals surface area contributed by atoms with E-state index < -0.39 is 9.84 Å². The van der Waals surface area contributed by atoms with E-state index in [1.54, 1.807) is 12.1 Å². The molecule has 0 aliphatic rings. The van der Waals surface area contributed by atoms with E-state index in [0.29, 0.717) is 12.5 Å². The molecule has 0 fully saturated rings. The first-order valence-electron chi connectivity index (χ1n) is 6.39. The van der Waals surface area contributed by atoms with Gasteiger partial charge in [0.15, 0.2) is 9.84 Å². The van der Waals surface area contributed by atoms with Crippen LogP contribution in [-0.2, 0) is 9.84 Å². The molecule has 0 bridgehead atoms. The number of carbonyl (C=O) groups is 1. The fourth-order valence-corrected chi connectivity index (χ4v) is 2.67. The molecule has 4 nitrogen and oxygen atoms in total. The van der Waals surface area contributed by atoms with Crippen molar-refractivity contribution in [3.05, 3.63) is 29.8 Å². The molecule has 0 radical (unpaired) electrons. The van der Waals surface area contributed by atoms with Crippen LogP contribution in [0.3, 0.4) is 0 Å². The van der Waals surface area contributed by atoms with E-state index in [9.17, 15) is 13.2 Å². The van der Waals surface area contributed by atoms with Crippen molar-refractivity contribution in [2.45, 2.75) is 31.6 Å². The number of amides is 1. The zero-order valence-corrected chi connectivity index (χ0v) is 12.5. The fraction of sp³-hybridized carbons (Fsp3) is 0.500. The van der Waals surface area contributed by atoms with Gasteiger partial charge in [0.05, 0.1) is 10.5 Å². The van der Waals surface area contributed by atoms with Gasteiger partial charge in [-0.15, -0.1) is 0 Å². The van der Waals surface area contributed by atoms with Gasteiger partial charge in [0.25, 0.3) is 5.91 Å². The summed E-state index contributed by atoms with van der Waals surface area (Å²) in [7, 11) is -3.38. The predicted octanol–water partition coefficient (Wildman–Crippen LogP) is 2.26. The van der Waals surface area contributed by atoms with Crippen LogP contribution in [0.25, 0.3) is 0 Å². The van der Waals surface area contributed by atoms with Gasteiger partial charge in [0.1, 0.15) is 0 Å². The highest BCUT2D eigenvalue weighted by molar-refractivity contribution is 7.90. The third kappa shape index (κ3) is 5.03. The van der Waals surface area contributed by atoms with Crippen LogP contribution in [0, 0.1) is 5.92 Å². The molecule has 0 saturated heterocycles. The summed E-state index contributed by atoms with van der Waals surface area (Å²) < 4.78 is 23.2. The van der Waals surface area contributed by atoms with E-state index in [2.05, 4.69) is 19.2 Å². The molecule has 0 heterocycles. The molecule has 19 heavy (non-hydrogen) atoms. The number of hydrogen-bond acceptors (Lipinski definition) is 3. The minimum atomic E-state index is -3.38. The first-order chi connectivity index (χ1) is 8.82. The van der Waals surface area contributed by atoms with Gasteiger partial charge in [0.2, 0.25) is 0 Å². The molecule has 1 N–H and O–H groups in total. The first kappa shape index (κ1) is 15.7. The lowest BCUT2D eigenvalue weighted by Gasteiger charge is -2.09. The van der Waals surface area contributed by atoms with E-state index >= 15 is 0 Å². The second-order valence-corrected chi connectivity index (χ2v) is 7.04. The molecular weight excluding hydrogens is 262 g/mol. The Morgan fingerprint density at radius 2 is 1.89 bits per heavy atom. The largest absolute Gasteiger partial charge is 0.352 e. The van der Waals surface area contributed by atoms with Crippen LogP contribution in [0.15, 0.2) is 29.2 Å². The van der Waals surface area contributed by atoms with Crippen molar-refractivity contribution in [2.24, 2.45) is 5.92 Å². The van der Waals surface area contributed by atoms with E-state index in [1.165, 1.54) is 12.1 Å². The Bertz CT molecular complexity index is 535. The van der Waals surface area contributed by atoms with Gasteiger partial charge in [-0.1, -0.05) is 26.0 Å². The molecule has 1 aromatic carbocycles. The average molecular weight is 283 g/mol. The van der Waals surface area contributed by atoms with Crippen LogP contribution in [0.1, 0.15) is 37.0 Å². The van der Waals surface area contributed by atoms with Crippen LogP contribution < -0.4 is 5.32 Å². The van der Waals surface area contributed by atoms with E-state index in [-0.39, 0.29) is 16.4 Å². The molecule has 1 rings (SSSR count). The van der Waals surface area contributed by atoms with Crippen molar-refractivity contribution >= 4 is 15.7 Å². The molecule has 5 heteroatoms. The molecule has 0 aliphatic heterocycles. The van der Waals surface area contributed by atoms with Crippen molar-refractivity contribution in [1.82, 2.24) is 5.32 Å². The molecule has 0 unspecified atom stereocenters. The third-order valence-corrected chi connectivity index (χ3v) is 3.93. The number of nitrogens with one attached hydrogen (secondary N) is 1. The number of benzene rings is 1. The topological polar surface area (TPSA) is 63.2 Å². The number of sulfone groups is 1. The summed E-state index contributed by atoms with van der Waals surface area (Å²) in [6.45, 7) is 4.82. The fourth-order valence-electron chi connectivity index (χ4n) is 1.79. The van der Waals surface area contributed by atoms with Gasteiger partial charge in [-0.2, -0.15) is 0 Å². The summed E-state index contributed by atoms with van der Waals surface area (Å²) in [4.78, 5) is 12.1. The van der Waals surface area contributed by atoms with Crippen molar-refractivity contribution in [1.29, 1.82) is 0 Å². The van der Waals surface area contributed by atoms with Crippen LogP contribution in [0.2, 0.25) is 0 Å². The molecule has 106 valence electrons. The summed E-state index contributed by atoms with van der Waals surface area (Å²) >= 11 is 0.